The van der Waals surface area contributed by atoms with Gasteiger partial charge in [-0.1, -0.05) is 0 Å². The van der Waals surface area contributed by atoms with E-state index in [2.05, 4.69) is 15.0 Å². The standard InChI is InChI=1S/C16H17FN4O3S/c1-9-3-13(19-15(4-9)24-2)18-7-10-5-11(17)16(12(22)6-10)21-8-14(23)20-25-21/h3-6,22H,7-8H2,1-2H3,(H,18,19)(H,20,23). The molecule has 1 amide bonds. The highest BCUT2D eigenvalue weighted by Crippen LogP contribution is 2.36. The molecule has 1 saturated heterocycles. The third-order valence-electron chi connectivity index (χ3n) is 3.54. The van der Waals surface area contributed by atoms with Crippen molar-refractivity contribution in [1.82, 2.24) is 9.71 Å². The molecule has 2 heterocycles. The van der Waals surface area contributed by atoms with Gasteiger partial charge in [-0.15, -0.1) is 0 Å². The number of nitrogens with zero attached hydrogens (tertiary/aromatic N) is 2. The number of benzene rings is 1. The minimum Gasteiger partial charge on any atom is -0.506 e. The van der Waals surface area contributed by atoms with Gasteiger partial charge in [0, 0.05) is 12.6 Å². The fourth-order valence-corrected chi connectivity index (χ4v) is 3.17. The molecule has 1 aliphatic rings. The van der Waals surface area contributed by atoms with Crippen LogP contribution in [0.15, 0.2) is 24.3 Å². The third-order valence-corrected chi connectivity index (χ3v) is 4.39. The second kappa shape index (κ2) is 7.06. The van der Waals surface area contributed by atoms with Gasteiger partial charge in [-0.25, -0.2) is 4.39 Å². The molecular weight excluding hydrogens is 347 g/mol. The molecule has 0 aliphatic carbocycles. The number of halogens is 1. The lowest BCUT2D eigenvalue weighted by Gasteiger charge is -2.17. The molecule has 0 spiro atoms. The Hall–Kier alpha value is -2.68. The van der Waals surface area contributed by atoms with Crippen molar-refractivity contribution in [2.75, 3.05) is 23.3 Å². The van der Waals surface area contributed by atoms with E-state index in [1.165, 1.54) is 23.5 Å². The number of amides is 1. The monoisotopic (exact) mass is 364 g/mol. The van der Waals surface area contributed by atoms with Crippen molar-refractivity contribution < 1.29 is 19.0 Å². The number of phenolic OH excluding ortho intramolecular Hbond substituents is 1. The number of hydrogen-bond donors (Lipinski definition) is 3. The molecule has 1 aliphatic heterocycles. The fraction of sp³-hybridized carbons (Fsp3) is 0.250. The van der Waals surface area contributed by atoms with Gasteiger partial charge in [-0.3, -0.25) is 13.8 Å². The molecule has 3 rings (SSSR count). The first-order chi connectivity index (χ1) is 12.0. The van der Waals surface area contributed by atoms with Crippen LogP contribution in [0, 0.1) is 12.7 Å². The summed E-state index contributed by atoms with van der Waals surface area (Å²) in [6, 6.07) is 6.42. The van der Waals surface area contributed by atoms with Crippen molar-refractivity contribution in [3.8, 4) is 11.6 Å². The molecule has 0 bridgehead atoms. The second-order valence-corrected chi connectivity index (χ2v) is 6.35. The zero-order valence-electron chi connectivity index (χ0n) is 13.7. The van der Waals surface area contributed by atoms with Crippen LogP contribution in [0.3, 0.4) is 0 Å². The molecule has 0 radical (unpaired) electrons. The SMILES string of the molecule is COc1cc(C)cc(NCc2cc(O)c(N3CC(=O)NS3)c(F)c2)n1. The first kappa shape index (κ1) is 17.2. The Morgan fingerprint density at radius 3 is 2.88 bits per heavy atom. The highest BCUT2D eigenvalue weighted by atomic mass is 32.2. The number of rotatable bonds is 5. The largest absolute Gasteiger partial charge is 0.506 e. The van der Waals surface area contributed by atoms with E-state index in [1.807, 2.05) is 13.0 Å². The smallest absolute Gasteiger partial charge is 0.251 e. The van der Waals surface area contributed by atoms with Crippen LogP contribution >= 0.6 is 12.1 Å². The Balaban J connectivity index is 1.75. The molecule has 25 heavy (non-hydrogen) atoms. The van der Waals surface area contributed by atoms with E-state index in [4.69, 9.17) is 4.74 Å². The van der Waals surface area contributed by atoms with E-state index in [9.17, 15) is 14.3 Å². The lowest BCUT2D eigenvalue weighted by molar-refractivity contribution is -0.117. The zero-order valence-corrected chi connectivity index (χ0v) is 14.5. The lowest BCUT2D eigenvalue weighted by atomic mass is 10.1. The summed E-state index contributed by atoms with van der Waals surface area (Å²) in [5.41, 5.74) is 1.51. The van der Waals surface area contributed by atoms with Gasteiger partial charge in [0.2, 0.25) is 5.88 Å². The maximum Gasteiger partial charge on any atom is 0.251 e. The van der Waals surface area contributed by atoms with Crippen molar-refractivity contribution in [2.24, 2.45) is 0 Å². The summed E-state index contributed by atoms with van der Waals surface area (Å²) in [4.78, 5) is 15.5. The maximum atomic E-state index is 14.4. The van der Waals surface area contributed by atoms with E-state index < -0.39 is 5.82 Å². The fourth-order valence-electron chi connectivity index (χ4n) is 2.44. The Morgan fingerprint density at radius 1 is 1.44 bits per heavy atom. The maximum absolute atomic E-state index is 14.4. The van der Waals surface area contributed by atoms with Crippen molar-refractivity contribution in [1.29, 1.82) is 0 Å². The van der Waals surface area contributed by atoms with Crippen LogP contribution in [0.2, 0.25) is 0 Å². The van der Waals surface area contributed by atoms with E-state index in [0.29, 0.717) is 17.3 Å². The molecule has 1 fully saturated rings. The minimum absolute atomic E-state index is 0.0116. The summed E-state index contributed by atoms with van der Waals surface area (Å²) in [7, 11) is 1.54. The number of carbonyl (C=O) groups excluding carboxylic acids is 1. The minimum atomic E-state index is -0.601. The number of ether oxygens (including phenoxy) is 1. The number of methoxy groups -OCH3 is 1. The van der Waals surface area contributed by atoms with Crippen LogP contribution in [0.5, 0.6) is 11.6 Å². The molecule has 2 aromatic rings. The van der Waals surface area contributed by atoms with Gasteiger partial charge < -0.3 is 15.2 Å². The van der Waals surface area contributed by atoms with Gasteiger partial charge in [-0.05, 0) is 36.2 Å². The van der Waals surface area contributed by atoms with Crippen molar-refractivity contribution in [2.45, 2.75) is 13.5 Å². The topological polar surface area (TPSA) is 86.7 Å². The summed E-state index contributed by atoms with van der Waals surface area (Å²) in [5.74, 6) is 0.000923. The van der Waals surface area contributed by atoms with Gasteiger partial charge in [0.15, 0.2) is 5.82 Å². The highest BCUT2D eigenvalue weighted by molar-refractivity contribution is 7.99. The Labute approximate surface area is 148 Å². The molecular formula is C16H17FN4O3S. The first-order valence-corrected chi connectivity index (χ1v) is 8.25. The molecule has 0 atom stereocenters. The Kier molecular flexibility index (Phi) is 4.84. The van der Waals surface area contributed by atoms with Crippen molar-refractivity contribution >= 4 is 29.5 Å². The molecule has 0 unspecified atom stereocenters. The molecule has 132 valence electrons. The third kappa shape index (κ3) is 3.87. The normalized spacial score (nSPS) is 13.7. The number of nitrogens with one attached hydrogen (secondary N) is 2. The number of aryl methyl sites for hydroxylation is 1. The Bertz CT molecular complexity index is 795. The van der Waals surface area contributed by atoms with Crippen LogP contribution in [-0.2, 0) is 11.3 Å². The predicted molar refractivity (Wildman–Crippen MR) is 94.0 cm³/mol. The summed E-state index contributed by atoms with van der Waals surface area (Å²) in [6.45, 7) is 2.17. The predicted octanol–water partition coefficient (Wildman–Crippen LogP) is 2.35. The first-order valence-electron chi connectivity index (χ1n) is 7.47. The van der Waals surface area contributed by atoms with Crippen LogP contribution in [0.4, 0.5) is 15.9 Å². The lowest BCUT2D eigenvalue weighted by Crippen LogP contribution is -2.16. The van der Waals surface area contributed by atoms with Gasteiger partial charge in [-0.2, -0.15) is 4.98 Å². The summed E-state index contributed by atoms with van der Waals surface area (Å²) < 4.78 is 23.4. The average Bonchev–Trinajstić information content (AvgIpc) is 2.98. The van der Waals surface area contributed by atoms with Gasteiger partial charge in [0.1, 0.15) is 23.8 Å². The average molecular weight is 364 g/mol. The molecule has 3 N–H and O–H groups in total. The summed E-state index contributed by atoms with van der Waals surface area (Å²) in [5, 5.41) is 13.2. The molecule has 9 heteroatoms. The number of aromatic nitrogens is 1. The number of phenols is 1. The van der Waals surface area contributed by atoms with E-state index >= 15 is 0 Å². The number of aromatic hydroxyl groups is 1. The molecule has 1 aromatic heterocycles. The van der Waals surface area contributed by atoms with Crippen LogP contribution < -0.4 is 19.1 Å². The number of carbonyl (C=O) groups is 1. The molecule has 1 aromatic carbocycles. The summed E-state index contributed by atoms with van der Waals surface area (Å²) in [6.07, 6.45) is 0. The van der Waals surface area contributed by atoms with Crippen LogP contribution in [0.25, 0.3) is 0 Å². The van der Waals surface area contributed by atoms with E-state index in [0.717, 1.165) is 17.7 Å². The highest BCUT2D eigenvalue weighted by Gasteiger charge is 2.26. The quantitative estimate of drug-likeness (QED) is 0.702. The second-order valence-electron chi connectivity index (χ2n) is 5.52. The van der Waals surface area contributed by atoms with Crippen molar-refractivity contribution in [3.63, 3.8) is 0 Å². The van der Waals surface area contributed by atoms with Crippen LogP contribution in [-0.4, -0.2) is 29.7 Å². The van der Waals surface area contributed by atoms with Gasteiger partial charge in [0.25, 0.3) is 5.91 Å². The Morgan fingerprint density at radius 2 is 2.24 bits per heavy atom. The number of pyridine rings is 1. The molecule has 7 nitrogen and oxygen atoms in total. The van der Waals surface area contributed by atoms with Crippen molar-refractivity contribution in [3.05, 3.63) is 41.2 Å². The number of hydrogen-bond acceptors (Lipinski definition) is 7. The number of anilines is 2. The van der Waals surface area contributed by atoms with Gasteiger partial charge in [0.05, 0.1) is 19.2 Å². The van der Waals surface area contributed by atoms with Gasteiger partial charge >= 0.3 is 0 Å². The summed E-state index contributed by atoms with van der Waals surface area (Å²) >= 11 is 0.948. The van der Waals surface area contributed by atoms with Crippen LogP contribution in [0.1, 0.15) is 11.1 Å². The molecule has 0 saturated carbocycles. The zero-order chi connectivity index (χ0) is 18.0. The van der Waals surface area contributed by atoms with E-state index in [-0.39, 0.29) is 30.4 Å². The van der Waals surface area contributed by atoms with E-state index in [1.54, 1.807) is 6.07 Å².